The van der Waals surface area contributed by atoms with Crippen molar-refractivity contribution in [2.45, 2.75) is 25.2 Å². The van der Waals surface area contributed by atoms with Gasteiger partial charge in [0.05, 0.1) is 24.4 Å². The van der Waals surface area contributed by atoms with Gasteiger partial charge in [-0.15, -0.1) is 0 Å². The molecule has 182 valence electrons. The zero-order valence-electron chi connectivity index (χ0n) is 18.9. The second kappa shape index (κ2) is 10.9. The standard InChI is InChI=1S/C25H24F2N4O4/c1-34-11-9-24(32)31-23-14-18(8-10-28-23)35-17-5-7-21(20(27)13-17)29-25(33)30-22-12-16(15-2-3-15)4-6-19(22)26/h4-8,10,12-15H,2-3,9,11H2,1H3,(H,28,31,32)(H2,29,30,33). The maximum atomic E-state index is 14.6. The highest BCUT2D eigenvalue weighted by atomic mass is 19.1. The number of aromatic nitrogens is 1. The minimum atomic E-state index is -0.771. The summed E-state index contributed by atoms with van der Waals surface area (Å²) in [6, 6.07) is 10.8. The van der Waals surface area contributed by atoms with Crippen molar-refractivity contribution >= 4 is 29.1 Å². The van der Waals surface area contributed by atoms with E-state index in [1.807, 2.05) is 0 Å². The Kier molecular flexibility index (Phi) is 7.51. The van der Waals surface area contributed by atoms with Gasteiger partial charge in [0.2, 0.25) is 5.91 Å². The van der Waals surface area contributed by atoms with Gasteiger partial charge in [0.1, 0.15) is 29.0 Å². The molecule has 35 heavy (non-hydrogen) atoms. The maximum Gasteiger partial charge on any atom is 0.323 e. The lowest BCUT2D eigenvalue weighted by molar-refractivity contribution is -0.117. The molecule has 2 aromatic carbocycles. The molecule has 8 nitrogen and oxygen atoms in total. The fourth-order valence-corrected chi connectivity index (χ4v) is 3.33. The number of rotatable bonds is 9. The lowest BCUT2D eigenvalue weighted by Gasteiger charge is -2.12. The molecule has 1 fully saturated rings. The van der Waals surface area contributed by atoms with Crippen molar-refractivity contribution in [3.63, 3.8) is 0 Å². The summed E-state index contributed by atoms with van der Waals surface area (Å²) in [4.78, 5) is 28.2. The van der Waals surface area contributed by atoms with Crippen LogP contribution in [0, 0.1) is 11.6 Å². The summed E-state index contributed by atoms with van der Waals surface area (Å²) < 4.78 is 39.2. The van der Waals surface area contributed by atoms with E-state index >= 15 is 0 Å². The number of nitrogens with one attached hydrogen (secondary N) is 3. The summed E-state index contributed by atoms with van der Waals surface area (Å²) in [6.07, 6.45) is 3.70. The normalized spacial score (nSPS) is 12.7. The molecule has 1 aliphatic rings. The van der Waals surface area contributed by atoms with Crippen LogP contribution in [-0.2, 0) is 9.53 Å². The molecule has 10 heteroatoms. The van der Waals surface area contributed by atoms with Crippen molar-refractivity contribution in [2.75, 3.05) is 29.7 Å². The van der Waals surface area contributed by atoms with Gasteiger partial charge in [-0.05, 0) is 54.7 Å². The van der Waals surface area contributed by atoms with Crippen LogP contribution in [0.4, 0.5) is 30.8 Å². The molecule has 1 heterocycles. The zero-order chi connectivity index (χ0) is 24.8. The third kappa shape index (κ3) is 6.73. The molecule has 1 aromatic heterocycles. The maximum absolute atomic E-state index is 14.6. The first-order valence-electron chi connectivity index (χ1n) is 11.0. The Hall–Kier alpha value is -4.05. The Morgan fingerprint density at radius 3 is 2.46 bits per heavy atom. The number of pyridine rings is 1. The molecule has 0 atom stereocenters. The van der Waals surface area contributed by atoms with Crippen LogP contribution in [-0.4, -0.2) is 30.6 Å². The SMILES string of the molecule is COCCC(=O)Nc1cc(Oc2ccc(NC(=O)Nc3cc(C4CC4)ccc3F)c(F)c2)ccn1. The summed E-state index contributed by atoms with van der Waals surface area (Å²) >= 11 is 0. The first-order valence-corrected chi connectivity index (χ1v) is 11.0. The molecule has 0 aliphatic heterocycles. The van der Waals surface area contributed by atoms with Crippen molar-refractivity contribution < 1.29 is 27.8 Å². The number of methoxy groups -OCH3 is 1. The topological polar surface area (TPSA) is 102 Å². The Labute approximate surface area is 200 Å². The summed E-state index contributed by atoms with van der Waals surface area (Å²) in [6.45, 7) is 0.279. The predicted molar refractivity (Wildman–Crippen MR) is 127 cm³/mol. The van der Waals surface area contributed by atoms with E-state index in [9.17, 15) is 18.4 Å². The van der Waals surface area contributed by atoms with Gasteiger partial charge >= 0.3 is 6.03 Å². The largest absolute Gasteiger partial charge is 0.457 e. The van der Waals surface area contributed by atoms with Crippen LogP contribution in [0.15, 0.2) is 54.7 Å². The van der Waals surface area contributed by atoms with Gasteiger partial charge in [0.15, 0.2) is 0 Å². The molecule has 4 rings (SSSR count). The van der Waals surface area contributed by atoms with Crippen molar-refractivity contribution in [2.24, 2.45) is 0 Å². The first kappa shape index (κ1) is 24.1. The number of ether oxygens (including phenoxy) is 2. The molecular formula is C25H24F2N4O4. The van der Waals surface area contributed by atoms with Crippen molar-refractivity contribution in [3.05, 3.63) is 71.9 Å². The molecule has 0 radical (unpaired) electrons. The van der Waals surface area contributed by atoms with Crippen LogP contribution in [0.2, 0.25) is 0 Å². The van der Waals surface area contributed by atoms with Crippen LogP contribution in [0.1, 0.15) is 30.7 Å². The highest BCUT2D eigenvalue weighted by Gasteiger charge is 2.24. The second-order valence-corrected chi connectivity index (χ2v) is 8.00. The Morgan fingerprint density at radius 2 is 1.71 bits per heavy atom. The van der Waals surface area contributed by atoms with Crippen molar-refractivity contribution in [1.29, 1.82) is 0 Å². The number of anilines is 3. The van der Waals surface area contributed by atoms with Gasteiger partial charge in [-0.1, -0.05) is 6.07 Å². The number of halogens is 2. The number of amides is 3. The lowest BCUT2D eigenvalue weighted by Crippen LogP contribution is -2.21. The van der Waals surface area contributed by atoms with E-state index < -0.39 is 17.7 Å². The highest BCUT2D eigenvalue weighted by Crippen LogP contribution is 2.41. The average Bonchev–Trinajstić information content (AvgIpc) is 3.67. The monoisotopic (exact) mass is 482 g/mol. The third-order valence-electron chi connectivity index (χ3n) is 5.24. The van der Waals surface area contributed by atoms with E-state index in [-0.39, 0.29) is 41.9 Å². The molecule has 3 aromatic rings. The number of urea groups is 1. The second-order valence-electron chi connectivity index (χ2n) is 8.00. The summed E-state index contributed by atoms with van der Waals surface area (Å²) in [5, 5.41) is 7.42. The Balaban J connectivity index is 1.36. The molecule has 3 N–H and O–H groups in total. The highest BCUT2D eigenvalue weighted by molar-refractivity contribution is 6.00. The van der Waals surface area contributed by atoms with Gasteiger partial charge in [0, 0.05) is 25.4 Å². The fourth-order valence-electron chi connectivity index (χ4n) is 3.33. The fraction of sp³-hybridized carbons (Fsp3) is 0.240. The number of nitrogens with zero attached hydrogens (tertiary/aromatic N) is 1. The van der Waals surface area contributed by atoms with Crippen molar-refractivity contribution in [3.8, 4) is 11.5 Å². The minimum absolute atomic E-state index is 0.0371. The van der Waals surface area contributed by atoms with Crippen LogP contribution in [0.25, 0.3) is 0 Å². The number of hydrogen-bond acceptors (Lipinski definition) is 5. The van der Waals surface area contributed by atoms with E-state index in [0.717, 1.165) is 24.5 Å². The van der Waals surface area contributed by atoms with Crippen LogP contribution < -0.4 is 20.7 Å². The van der Waals surface area contributed by atoms with Gasteiger partial charge in [-0.2, -0.15) is 0 Å². The first-order chi connectivity index (χ1) is 16.9. The molecule has 0 bridgehead atoms. The van der Waals surface area contributed by atoms with Crippen LogP contribution in [0.3, 0.4) is 0 Å². The Bertz CT molecular complexity index is 1230. The van der Waals surface area contributed by atoms with E-state index in [1.54, 1.807) is 18.2 Å². The predicted octanol–water partition coefficient (Wildman–Crippen LogP) is 5.65. The molecule has 1 aliphatic carbocycles. The average molecular weight is 482 g/mol. The van der Waals surface area contributed by atoms with Crippen molar-refractivity contribution in [1.82, 2.24) is 4.98 Å². The number of benzene rings is 2. The zero-order valence-corrected chi connectivity index (χ0v) is 18.9. The minimum Gasteiger partial charge on any atom is -0.457 e. The summed E-state index contributed by atoms with van der Waals surface area (Å²) in [5.74, 6) is -0.419. The van der Waals surface area contributed by atoms with E-state index in [2.05, 4.69) is 20.9 Å². The summed E-state index contributed by atoms with van der Waals surface area (Å²) in [7, 11) is 1.50. The van der Waals surface area contributed by atoms with Gasteiger partial charge in [-0.25, -0.2) is 18.6 Å². The Morgan fingerprint density at radius 1 is 0.943 bits per heavy atom. The van der Waals surface area contributed by atoms with Gasteiger partial charge in [0.25, 0.3) is 0 Å². The quantitative estimate of drug-likeness (QED) is 0.366. The number of carbonyl (C=O) groups excluding carboxylic acids is 2. The van der Waals surface area contributed by atoms with Crippen LogP contribution in [0.5, 0.6) is 11.5 Å². The smallest absolute Gasteiger partial charge is 0.323 e. The molecule has 3 amide bonds. The number of carbonyl (C=O) groups is 2. The number of hydrogen-bond donors (Lipinski definition) is 3. The molecule has 0 spiro atoms. The van der Waals surface area contributed by atoms with E-state index in [1.165, 1.54) is 37.6 Å². The summed E-state index contributed by atoms with van der Waals surface area (Å²) in [5.41, 5.74) is 0.896. The van der Waals surface area contributed by atoms with E-state index in [0.29, 0.717) is 11.7 Å². The third-order valence-corrected chi connectivity index (χ3v) is 5.24. The molecule has 1 saturated carbocycles. The molecule has 0 unspecified atom stereocenters. The lowest BCUT2D eigenvalue weighted by atomic mass is 10.1. The molecular weight excluding hydrogens is 458 g/mol. The van der Waals surface area contributed by atoms with E-state index in [4.69, 9.17) is 9.47 Å². The van der Waals surface area contributed by atoms with Gasteiger partial charge < -0.3 is 25.4 Å². The van der Waals surface area contributed by atoms with Crippen LogP contribution >= 0.6 is 0 Å². The van der Waals surface area contributed by atoms with Gasteiger partial charge in [-0.3, -0.25) is 4.79 Å². The molecule has 0 saturated heterocycles.